The number of nitrogen functional groups attached to an aromatic ring is 1. The number of nitrogens with two attached hydrogens (primary N) is 1. The molecule has 2 rings (SSSR count). The number of hydrogen-bond acceptors (Lipinski definition) is 5. The van der Waals surface area contributed by atoms with Crippen LogP contribution in [-0.2, 0) is 4.74 Å². The Morgan fingerprint density at radius 2 is 2.28 bits per heavy atom. The molecule has 1 aromatic rings. The molecule has 6 nitrogen and oxygen atoms in total. The van der Waals surface area contributed by atoms with Gasteiger partial charge in [-0.2, -0.15) is 4.98 Å². The number of ether oxygens (including phenoxy) is 1. The molecule has 0 saturated carbocycles. The molecular weight excluding hydrogens is 246 g/mol. The number of anilines is 1. The summed E-state index contributed by atoms with van der Waals surface area (Å²) < 4.78 is 34.0. The molecule has 1 aliphatic heterocycles. The van der Waals surface area contributed by atoms with Crippen LogP contribution in [0.3, 0.4) is 0 Å². The molecule has 0 amide bonds. The first kappa shape index (κ1) is 12.9. The maximum Gasteiger partial charge on any atom is 0.354 e. The van der Waals surface area contributed by atoms with Gasteiger partial charge in [0.15, 0.2) is 0 Å². The Morgan fingerprint density at radius 3 is 2.78 bits per heavy atom. The van der Waals surface area contributed by atoms with Crippen molar-refractivity contribution in [1.82, 2.24) is 14.5 Å². The molecule has 0 radical (unpaired) electrons. The van der Waals surface area contributed by atoms with Gasteiger partial charge in [0.05, 0.1) is 12.0 Å². The zero-order chi connectivity index (χ0) is 13.5. The molecule has 1 aromatic heterocycles. The summed E-state index contributed by atoms with van der Waals surface area (Å²) in [5.41, 5.74) is 4.32. The van der Waals surface area contributed by atoms with E-state index in [1.807, 2.05) is 0 Å². The molecule has 1 saturated heterocycles. The van der Waals surface area contributed by atoms with Gasteiger partial charge in [-0.1, -0.05) is 13.8 Å². The molecule has 1 fully saturated rings. The summed E-state index contributed by atoms with van der Waals surface area (Å²) in [6.07, 6.45) is -0.897. The highest BCUT2D eigenvalue weighted by Gasteiger charge is 2.57. The van der Waals surface area contributed by atoms with Crippen LogP contribution in [0.5, 0.6) is 0 Å². The molecule has 100 valence electrons. The molecule has 2 heterocycles. The van der Waals surface area contributed by atoms with E-state index >= 15 is 0 Å². The summed E-state index contributed by atoms with van der Waals surface area (Å²) in [6, 6.07) is 0. The summed E-state index contributed by atoms with van der Waals surface area (Å²) in [7, 11) is 0. The van der Waals surface area contributed by atoms with E-state index in [9.17, 15) is 13.6 Å². The molecule has 0 aromatic carbocycles. The summed E-state index contributed by atoms with van der Waals surface area (Å²) in [5.74, 6) is -4.38. The number of aromatic nitrogens is 3. The highest BCUT2D eigenvalue weighted by molar-refractivity contribution is 5.10. The minimum atomic E-state index is -3.15. The Bertz CT molecular complexity index is 505. The van der Waals surface area contributed by atoms with Crippen LogP contribution >= 0.6 is 0 Å². The smallest absolute Gasteiger partial charge is 0.354 e. The maximum atomic E-state index is 14.0. The average molecular weight is 260 g/mol. The molecule has 8 heteroatoms. The molecule has 18 heavy (non-hydrogen) atoms. The SMILES string of the molecule is CC[C@H]1OC(n2cnc(N)nc2=O)C(F)(F)[C@@H]1C. The lowest BCUT2D eigenvalue weighted by Gasteiger charge is -2.21. The van der Waals surface area contributed by atoms with Crippen molar-refractivity contribution in [3.05, 3.63) is 16.8 Å². The zero-order valence-corrected chi connectivity index (χ0v) is 10.0. The van der Waals surface area contributed by atoms with Crippen molar-refractivity contribution in [2.75, 3.05) is 5.73 Å². The molecule has 0 bridgehead atoms. The topological polar surface area (TPSA) is 83.0 Å². The average Bonchev–Trinajstić information content (AvgIpc) is 2.52. The molecular formula is C10H14F2N4O2. The quantitative estimate of drug-likeness (QED) is 0.850. The van der Waals surface area contributed by atoms with E-state index in [4.69, 9.17) is 10.5 Å². The fourth-order valence-corrected chi connectivity index (χ4v) is 2.06. The second kappa shape index (κ2) is 4.27. The van der Waals surface area contributed by atoms with Crippen LogP contribution in [0.4, 0.5) is 14.7 Å². The Labute approximate surface area is 102 Å². The Kier molecular flexibility index (Phi) is 3.05. The zero-order valence-electron chi connectivity index (χ0n) is 10.0. The first-order valence-electron chi connectivity index (χ1n) is 5.61. The van der Waals surface area contributed by atoms with Gasteiger partial charge >= 0.3 is 5.69 Å². The molecule has 0 aliphatic carbocycles. The number of alkyl halides is 2. The van der Waals surface area contributed by atoms with Gasteiger partial charge in [0.25, 0.3) is 5.92 Å². The largest absolute Gasteiger partial charge is 0.368 e. The van der Waals surface area contributed by atoms with E-state index < -0.39 is 29.9 Å². The normalized spacial score (nSPS) is 30.6. The monoisotopic (exact) mass is 260 g/mol. The summed E-state index contributed by atoms with van der Waals surface area (Å²) in [5, 5.41) is 0. The predicted molar refractivity (Wildman–Crippen MR) is 59.0 cm³/mol. The van der Waals surface area contributed by atoms with Crippen LogP contribution < -0.4 is 11.4 Å². The first-order chi connectivity index (χ1) is 8.37. The number of halogens is 2. The summed E-state index contributed by atoms with van der Waals surface area (Å²) in [4.78, 5) is 18.4. The standard InChI is InChI=1S/C10H14F2N4O2/c1-3-6-5(2)10(11,12)7(18-6)16-4-14-8(13)15-9(16)17/h4-7H,3H2,1-2H3,(H2,13,15,17)/t5-,6-,7?/m1/s1. The lowest BCUT2D eigenvalue weighted by Crippen LogP contribution is -2.38. The first-order valence-corrected chi connectivity index (χ1v) is 5.61. The van der Waals surface area contributed by atoms with Gasteiger partial charge in [-0.05, 0) is 6.42 Å². The summed E-state index contributed by atoms with van der Waals surface area (Å²) >= 11 is 0. The van der Waals surface area contributed by atoms with Gasteiger partial charge in [-0.25, -0.2) is 23.1 Å². The third kappa shape index (κ3) is 1.86. The van der Waals surface area contributed by atoms with Crippen LogP contribution in [0.15, 0.2) is 11.1 Å². The van der Waals surface area contributed by atoms with Crippen molar-refractivity contribution >= 4 is 5.95 Å². The molecule has 1 unspecified atom stereocenters. The second-order valence-electron chi connectivity index (χ2n) is 4.30. The second-order valence-corrected chi connectivity index (χ2v) is 4.30. The van der Waals surface area contributed by atoms with Gasteiger partial charge in [0.1, 0.15) is 6.33 Å². The van der Waals surface area contributed by atoms with Gasteiger partial charge in [0.2, 0.25) is 12.2 Å². The van der Waals surface area contributed by atoms with Crippen molar-refractivity contribution in [2.24, 2.45) is 5.92 Å². The molecule has 3 atom stereocenters. The Morgan fingerprint density at radius 1 is 1.61 bits per heavy atom. The van der Waals surface area contributed by atoms with Gasteiger partial charge in [-0.15, -0.1) is 0 Å². The fraction of sp³-hybridized carbons (Fsp3) is 0.700. The molecule has 0 spiro atoms. The Balaban J connectivity index is 2.42. The third-order valence-corrected chi connectivity index (χ3v) is 3.20. The van der Waals surface area contributed by atoms with Gasteiger partial charge < -0.3 is 10.5 Å². The van der Waals surface area contributed by atoms with Crippen LogP contribution in [0.25, 0.3) is 0 Å². The van der Waals surface area contributed by atoms with E-state index in [0.29, 0.717) is 11.0 Å². The van der Waals surface area contributed by atoms with Crippen LogP contribution in [0.2, 0.25) is 0 Å². The van der Waals surface area contributed by atoms with Crippen LogP contribution in [0, 0.1) is 5.92 Å². The van der Waals surface area contributed by atoms with Crippen molar-refractivity contribution < 1.29 is 13.5 Å². The third-order valence-electron chi connectivity index (χ3n) is 3.20. The highest BCUT2D eigenvalue weighted by Crippen LogP contribution is 2.46. The van der Waals surface area contributed by atoms with Gasteiger partial charge in [0, 0.05) is 0 Å². The fourth-order valence-electron chi connectivity index (χ4n) is 2.06. The minimum absolute atomic E-state index is 0.252. The molecule has 1 aliphatic rings. The number of hydrogen-bond donors (Lipinski definition) is 1. The van der Waals surface area contributed by atoms with E-state index in [0.717, 1.165) is 6.33 Å². The molecule has 2 N–H and O–H groups in total. The highest BCUT2D eigenvalue weighted by atomic mass is 19.3. The van der Waals surface area contributed by atoms with E-state index in [2.05, 4.69) is 9.97 Å². The lowest BCUT2D eigenvalue weighted by molar-refractivity contribution is -0.125. The van der Waals surface area contributed by atoms with Crippen molar-refractivity contribution in [3.63, 3.8) is 0 Å². The van der Waals surface area contributed by atoms with Gasteiger partial charge in [-0.3, -0.25) is 0 Å². The maximum absolute atomic E-state index is 14.0. The van der Waals surface area contributed by atoms with E-state index in [-0.39, 0.29) is 5.95 Å². The van der Waals surface area contributed by atoms with Crippen LogP contribution in [0.1, 0.15) is 26.5 Å². The predicted octanol–water partition coefficient (Wildman–Crippen LogP) is 0.799. The van der Waals surface area contributed by atoms with E-state index in [1.165, 1.54) is 6.92 Å². The summed E-state index contributed by atoms with van der Waals surface area (Å²) in [6.45, 7) is 3.15. The number of rotatable bonds is 2. The lowest BCUT2D eigenvalue weighted by atomic mass is 9.98. The minimum Gasteiger partial charge on any atom is -0.368 e. The Hall–Kier alpha value is -1.57. The van der Waals surface area contributed by atoms with Crippen molar-refractivity contribution in [1.29, 1.82) is 0 Å². The van der Waals surface area contributed by atoms with Crippen molar-refractivity contribution in [2.45, 2.75) is 38.5 Å². The van der Waals surface area contributed by atoms with Crippen molar-refractivity contribution in [3.8, 4) is 0 Å². The van der Waals surface area contributed by atoms with E-state index in [1.54, 1.807) is 6.92 Å². The number of nitrogens with zero attached hydrogens (tertiary/aromatic N) is 3. The van der Waals surface area contributed by atoms with Crippen LogP contribution in [-0.4, -0.2) is 26.6 Å².